The molecule has 1 heterocycles. The summed E-state index contributed by atoms with van der Waals surface area (Å²) in [5, 5.41) is 0. The zero-order valence-electron chi connectivity index (χ0n) is 8.40. The van der Waals surface area contributed by atoms with Crippen LogP contribution in [0.1, 0.15) is 19.3 Å². The Morgan fingerprint density at radius 1 is 1.57 bits per heavy atom. The molecule has 0 bridgehead atoms. The quantitative estimate of drug-likeness (QED) is 0.724. The predicted molar refractivity (Wildman–Crippen MR) is 54.1 cm³/mol. The van der Waals surface area contributed by atoms with E-state index in [1.165, 1.54) is 12.8 Å². The molecule has 1 unspecified atom stereocenters. The van der Waals surface area contributed by atoms with Gasteiger partial charge in [-0.15, -0.1) is 0 Å². The van der Waals surface area contributed by atoms with Crippen molar-refractivity contribution in [2.45, 2.75) is 31.6 Å². The van der Waals surface area contributed by atoms with Gasteiger partial charge in [0.2, 0.25) is 0 Å². The molecule has 0 aromatic heterocycles. The molecular formula is C10H16N2O2. The lowest BCUT2D eigenvalue weighted by Gasteiger charge is -2.19. The highest BCUT2D eigenvalue weighted by molar-refractivity contribution is 5.97. The molecule has 14 heavy (non-hydrogen) atoms. The highest BCUT2D eigenvalue weighted by Gasteiger charge is 2.26. The van der Waals surface area contributed by atoms with E-state index in [0.29, 0.717) is 12.6 Å². The van der Waals surface area contributed by atoms with Crippen LogP contribution in [-0.2, 0) is 9.47 Å². The minimum atomic E-state index is -0.118. The molecule has 0 spiro atoms. The molecule has 0 radical (unpaired) electrons. The molecule has 78 valence electrons. The van der Waals surface area contributed by atoms with Crippen molar-refractivity contribution < 1.29 is 9.47 Å². The van der Waals surface area contributed by atoms with Crippen LogP contribution < -0.4 is 5.73 Å². The summed E-state index contributed by atoms with van der Waals surface area (Å²) in [4.78, 5) is 4.31. The molecule has 2 aliphatic rings. The number of rotatable bonds is 4. The van der Waals surface area contributed by atoms with Crippen molar-refractivity contribution in [3.8, 4) is 0 Å². The Morgan fingerprint density at radius 3 is 2.93 bits per heavy atom. The highest BCUT2D eigenvalue weighted by atomic mass is 16.5. The molecule has 0 aromatic carbocycles. The molecule has 1 saturated carbocycles. The second-order valence-corrected chi connectivity index (χ2v) is 3.65. The average Bonchev–Trinajstić information content (AvgIpc) is 3.01. The molecule has 2 rings (SSSR count). The second kappa shape index (κ2) is 4.11. The largest absolute Gasteiger partial charge is 0.495 e. The van der Waals surface area contributed by atoms with E-state index in [-0.39, 0.29) is 6.23 Å². The van der Waals surface area contributed by atoms with Gasteiger partial charge in [0.1, 0.15) is 5.76 Å². The summed E-state index contributed by atoms with van der Waals surface area (Å²) < 4.78 is 10.9. The van der Waals surface area contributed by atoms with E-state index < -0.39 is 0 Å². The molecule has 4 heteroatoms. The normalized spacial score (nSPS) is 26.9. The highest BCUT2D eigenvalue weighted by Crippen LogP contribution is 2.29. The van der Waals surface area contributed by atoms with E-state index in [4.69, 9.17) is 15.2 Å². The van der Waals surface area contributed by atoms with Crippen LogP contribution in [0.4, 0.5) is 0 Å². The van der Waals surface area contributed by atoms with E-state index in [1.807, 2.05) is 6.08 Å². The van der Waals surface area contributed by atoms with Crippen molar-refractivity contribution in [3.05, 3.63) is 11.8 Å². The van der Waals surface area contributed by atoms with Gasteiger partial charge in [-0.05, 0) is 18.9 Å². The standard InChI is InChI=1S/C10H16N2O2/c1-13-10-5-9(14-8-2-3-8)4-7(6-11)12-10/h4,8,10H,2-3,5-6,11H2,1H3. The first-order valence-corrected chi connectivity index (χ1v) is 4.98. The summed E-state index contributed by atoms with van der Waals surface area (Å²) in [7, 11) is 1.66. The zero-order valence-corrected chi connectivity index (χ0v) is 8.40. The van der Waals surface area contributed by atoms with E-state index in [2.05, 4.69) is 4.99 Å². The Labute approximate surface area is 83.8 Å². The maximum atomic E-state index is 5.71. The fourth-order valence-electron chi connectivity index (χ4n) is 1.41. The minimum Gasteiger partial charge on any atom is -0.495 e. The summed E-state index contributed by atoms with van der Waals surface area (Å²) >= 11 is 0. The number of hydrogen-bond donors (Lipinski definition) is 1. The van der Waals surface area contributed by atoms with Crippen molar-refractivity contribution in [2.75, 3.05) is 13.7 Å². The third-order valence-electron chi connectivity index (χ3n) is 2.34. The van der Waals surface area contributed by atoms with Crippen molar-refractivity contribution in [2.24, 2.45) is 10.7 Å². The second-order valence-electron chi connectivity index (χ2n) is 3.65. The number of dihydropyridines is 1. The molecule has 0 aromatic rings. The molecule has 0 saturated heterocycles. The van der Waals surface area contributed by atoms with Gasteiger partial charge in [0, 0.05) is 13.7 Å². The van der Waals surface area contributed by atoms with E-state index in [1.54, 1.807) is 7.11 Å². The molecule has 1 atom stereocenters. The van der Waals surface area contributed by atoms with Gasteiger partial charge in [0.15, 0.2) is 6.23 Å². The topological polar surface area (TPSA) is 56.8 Å². The first kappa shape index (κ1) is 9.68. The van der Waals surface area contributed by atoms with Crippen LogP contribution in [0.2, 0.25) is 0 Å². The Balaban J connectivity index is 2.00. The summed E-state index contributed by atoms with van der Waals surface area (Å²) in [5.74, 6) is 0.967. The Kier molecular flexibility index (Phi) is 2.84. The summed E-state index contributed by atoms with van der Waals surface area (Å²) in [6, 6.07) is 0. The number of ether oxygens (including phenoxy) is 2. The first-order valence-electron chi connectivity index (χ1n) is 4.98. The van der Waals surface area contributed by atoms with Gasteiger partial charge in [-0.3, -0.25) is 4.99 Å². The predicted octanol–water partition coefficient (Wildman–Crippen LogP) is 0.825. The lowest BCUT2D eigenvalue weighted by Crippen LogP contribution is -2.23. The number of hydrogen-bond acceptors (Lipinski definition) is 4. The van der Waals surface area contributed by atoms with E-state index in [9.17, 15) is 0 Å². The molecular weight excluding hydrogens is 180 g/mol. The summed E-state index contributed by atoms with van der Waals surface area (Å²) in [5.41, 5.74) is 6.40. The number of nitrogens with zero attached hydrogens (tertiary/aromatic N) is 1. The molecule has 1 fully saturated rings. The Bertz CT molecular complexity index is 269. The van der Waals surface area contributed by atoms with Gasteiger partial charge < -0.3 is 15.2 Å². The van der Waals surface area contributed by atoms with Gasteiger partial charge >= 0.3 is 0 Å². The molecule has 0 amide bonds. The van der Waals surface area contributed by atoms with Crippen molar-refractivity contribution >= 4 is 5.71 Å². The number of nitrogens with two attached hydrogens (primary N) is 1. The number of methoxy groups -OCH3 is 1. The van der Waals surface area contributed by atoms with E-state index >= 15 is 0 Å². The monoisotopic (exact) mass is 196 g/mol. The van der Waals surface area contributed by atoms with Gasteiger partial charge in [-0.25, -0.2) is 0 Å². The van der Waals surface area contributed by atoms with Crippen LogP contribution in [0.3, 0.4) is 0 Å². The zero-order chi connectivity index (χ0) is 9.97. The van der Waals surface area contributed by atoms with Crippen molar-refractivity contribution in [1.82, 2.24) is 0 Å². The van der Waals surface area contributed by atoms with Crippen LogP contribution in [0.15, 0.2) is 16.8 Å². The van der Waals surface area contributed by atoms with Crippen LogP contribution in [0.5, 0.6) is 0 Å². The molecule has 2 N–H and O–H groups in total. The number of aliphatic imine (C=N–C) groups is 1. The van der Waals surface area contributed by atoms with Crippen molar-refractivity contribution in [3.63, 3.8) is 0 Å². The minimum absolute atomic E-state index is 0.118. The van der Waals surface area contributed by atoms with Gasteiger partial charge in [-0.2, -0.15) is 0 Å². The Morgan fingerprint density at radius 2 is 2.36 bits per heavy atom. The van der Waals surface area contributed by atoms with Crippen LogP contribution in [0, 0.1) is 0 Å². The average molecular weight is 196 g/mol. The molecule has 4 nitrogen and oxygen atoms in total. The van der Waals surface area contributed by atoms with Crippen LogP contribution in [0.25, 0.3) is 0 Å². The molecule has 1 aliphatic heterocycles. The SMILES string of the molecule is COC1CC(OC2CC2)=CC(CN)=N1. The van der Waals surface area contributed by atoms with Gasteiger partial charge in [-0.1, -0.05) is 0 Å². The van der Waals surface area contributed by atoms with Crippen LogP contribution >= 0.6 is 0 Å². The third-order valence-corrected chi connectivity index (χ3v) is 2.34. The fraction of sp³-hybridized carbons (Fsp3) is 0.700. The molecule has 1 aliphatic carbocycles. The summed E-state index contributed by atoms with van der Waals surface area (Å²) in [6.45, 7) is 0.442. The maximum absolute atomic E-state index is 5.71. The Hall–Kier alpha value is -0.870. The van der Waals surface area contributed by atoms with Crippen molar-refractivity contribution in [1.29, 1.82) is 0 Å². The lowest BCUT2D eigenvalue weighted by atomic mass is 10.2. The van der Waals surface area contributed by atoms with E-state index in [0.717, 1.165) is 17.9 Å². The smallest absolute Gasteiger partial charge is 0.155 e. The summed E-state index contributed by atoms with van der Waals surface area (Å²) in [6.07, 6.45) is 5.32. The maximum Gasteiger partial charge on any atom is 0.155 e. The fourth-order valence-corrected chi connectivity index (χ4v) is 1.41. The van der Waals surface area contributed by atoms with Gasteiger partial charge in [0.05, 0.1) is 18.2 Å². The third kappa shape index (κ3) is 2.33. The van der Waals surface area contributed by atoms with Crippen LogP contribution in [-0.4, -0.2) is 31.7 Å². The first-order chi connectivity index (χ1) is 6.81. The lowest BCUT2D eigenvalue weighted by molar-refractivity contribution is 0.0829. The van der Waals surface area contributed by atoms with Gasteiger partial charge in [0.25, 0.3) is 0 Å².